The van der Waals surface area contributed by atoms with E-state index in [9.17, 15) is 4.79 Å². The fraction of sp³-hybridized carbons (Fsp3) is 0.562. The van der Waals surface area contributed by atoms with E-state index in [1.54, 1.807) is 7.11 Å². The Morgan fingerprint density at radius 2 is 1.95 bits per heavy atom. The van der Waals surface area contributed by atoms with Gasteiger partial charge in [-0.1, -0.05) is 13.3 Å². The van der Waals surface area contributed by atoms with Gasteiger partial charge in [0.2, 0.25) is 5.91 Å². The number of methoxy groups -OCH3 is 1. The lowest BCUT2D eigenvalue weighted by Crippen LogP contribution is -2.30. The monoisotopic (exact) mass is 295 g/mol. The quantitative estimate of drug-likeness (QED) is 0.692. The molecule has 1 rings (SSSR count). The summed E-state index contributed by atoms with van der Waals surface area (Å²) in [4.78, 5) is 11.7. The van der Waals surface area contributed by atoms with Gasteiger partial charge >= 0.3 is 0 Å². The van der Waals surface area contributed by atoms with Crippen LogP contribution in [0.2, 0.25) is 0 Å². The zero-order chi connectivity index (χ0) is 15.5. The van der Waals surface area contributed by atoms with Gasteiger partial charge in [-0.05, 0) is 36.6 Å². The molecule has 0 fully saturated rings. The average molecular weight is 295 g/mol. The lowest BCUT2D eigenvalue weighted by atomic mass is 10.0. The van der Waals surface area contributed by atoms with Crippen molar-refractivity contribution in [1.82, 2.24) is 5.32 Å². The second-order valence-corrected chi connectivity index (χ2v) is 4.86. The van der Waals surface area contributed by atoms with Gasteiger partial charge in [0, 0.05) is 13.2 Å². The van der Waals surface area contributed by atoms with Gasteiger partial charge in [-0.2, -0.15) is 0 Å². The highest BCUT2D eigenvalue weighted by atomic mass is 16.5. The Balaban J connectivity index is 2.20. The van der Waals surface area contributed by atoms with Crippen molar-refractivity contribution in [1.29, 1.82) is 0 Å². The summed E-state index contributed by atoms with van der Waals surface area (Å²) in [6.45, 7) is 3.17. The van der Waals surface area contributed by atoms with E-state index in [0.29, 0.717) is 25.5 Å². The standard InChI is InChI=1S/C16H25NO4/c1-3-13(8-10-18)12-17-16(19)9-11-21-15-6-4-14(20-2)5-7-15/h4-7,13,18H,3,8-12H2,1-2H3,(H,17,19). The molecule has 0 aliphatic carbocycles. The predicted octanol–water partition coefficient (Wildman–Crippen LogP) is 1.99. The molecule has 1 aromatic carbocycles. The lowest BCUT2D eigenvalue weighted by Gasteiger charge is -2.14. The number of hydrogen-bond acceptors (Lipinski definition) is 4. The van der Waals surface area contributed by atoms with Gasteiger partial charge in [0.25, 0.3) is 0 Å². The van der Waals surface area contributed by atoms with E-state index in [-0.39, 0.29) is 12.5 Å². The molecular weight excluding hydrogens is 270 g/mol. The number of carbonyl (C=O) groups is 1. The second-order valence-electron chi connectivity index (χ2n) is 4.86. The predicted molar refractivity (Wildman–Crippen MR) is 81.6 cm³/mol. The van der Waals surface area contributed by atoms with E-state index in [0.717, 1.165) is 24.3 Å². The van der Waals surface area contributed by atoms with Gasteiger partial charge in [-0.3, -0.25) is 4.79 Å². The Kier molecular flexibility index (Phi) is 8.28. The minimum atomic E-state index is -0.0279. The largest absolute Gasteiger partial charge is 0.497 e. The molecule has 1 unspecified atom stereocenters. The fourth-order valence-electron chi connectivity index (χ4n) is 1.91. The molecule has 5 nitrogen and oxygen atoms in total. The third kappa shape index (κ3) is 6.99. The smallest absolute Gasteiger partial charge is 0.223 e. The van der Waals surface area contributed by atoms with Crippen molar-refractivity contribution in [3.05, 3.63) is 24.3 Å². The van der Waals surface area contributed by atoms with E-state index in [1.807, 2.05) is 24.3 Å². The third-order valence-corrected chi connectivity index (χ3v) is 3.36. The number of ether oxygens (including phenoxy) is 2. The van der Waals surface area contributed by atoms with Crippen LogP contribution in [0.25, 0.3) is 0 Å². The molecule has 0 aliphatic rings. The van der Waals surface area contributed by atoms with Gasteiger partial charge in [0.1, 0.15) is 11.5 Å². The molecule has 0 bridgehead atoms. The second kappa shape index (κ2) is 10.0. The van der Waals surface area contributed by atoms with Crippen LogP contribution in [0.4, 0.5) is 0 Å². The summed E-state index contributed by atoms with van der Waals surface area (Å²) in [5.41, 5.74) is 0. The molecule has 0 aromatic heterocycles. The van der Waals surface area contributed by atoms with Gasteiger partial charge < -0.3 is 19.9 Å². The number of amides is 1. The van der Waals surface area contributed by atoms with Crippen molar-refractivity contribution in [2.24, 2.45) is 5.92 Å². The molecule has 1 aromatic rings. The van der Waals surface area contributed by atoms with Gasteiger partial charge in [-0.15, -0.1) is 0 Å². The summed E-state index contributed by atoms with van der Waals surface area (Å²) in [6.07, 6.45) is 1.99. The van der Waals surface area contributed by atoms with Crippen LogP contribution < -0.4 is 14.8 Å². The van der Waals surface area contributed by atoms with Crippen LogP contribution in [-0.2, 0) is 4.79 Å². The van der Waals surface area contributed by atoms with Crippen LogP contribution in [0.15, 0.2) is 24.3 Å². The first kappa shape index (κ1) is 17.3. The van der Waals surface area contributed by atoms with Crippen LogP contribution in [0.5, 0.6) is 11.5 Å². The van der Waals surface area contributed by atoms with Crippen LogP contribution >= 0.6 is 0 Å². The SMILES string of the molecule is CCC(CCO)CNC(=O)CCOc1ccc(OC)cc1. The van der Waals surface area contributed by atoms with Crippen molar-refractivity contribution in [3.63, 3.8) is 0 Å². The van der Waals surface area contributed by atoms with Crippen molar-refractivity contribution in [2.75, 3.05) is 26.9 Å². The molecule has 0 spiro atoms. The maximum atomic E-state index is 11.7. The molecule has 1 atom stereocenters. The molecule has 2 N–H and O–H groups in total. The molecule has 0 radical (unpaired) electrons. The molecular formula is C16H25NO4. The first-order chi connectivity index (χ1) is 10.2. The van der Waals surface area contributed by atoms with Crippen LogP contribution in [0.3, 0.4) is 0 Å². The van der Waals surface area contributed by atoms with Crippen molar-refractivity contribution < 1.29 is 19.4 Å². The summed E-state index contributed by atoms with van der Waals surface area (Å²) >= 11 is 0. The van der Waals surface area contributed by atoms with Gasteiger partial charge in [-0.25, -0.2) is 0 Å². The maximum absolute atomic E-state index is 11.7. The number of hydrogen-bond donors (Lipinski definition) is 2. The Bertz CT molecular complexity index is 405. The minimum absolute atomic E-state index is 0.0279. The Hall–Kier alpha value is -1.75. The van der Waals surface area contributed by atoms with Crippen LogP contribution in [-0.4, -0.2) is 37.9 Å². The number of nitrogens with one attached hydrogen (secondary N) is 1. The van der Waals surface area contributed by atoms with E-state index in [2.05, 4.69) is 12.2 Å². The van der Waals surface area contributed by atoms with E-state index in [1.165, 1.54) is 0 Å². The van der Waals surface area contributed by atoms with Crippen molar-refractivity contribution >= 4 is 5.91 Å². The molecule has 118 valence electrons. The first-order valence-electron chi connectivity index (χ1n) is 7.34. The average Bonchev–Trinajstić information content (AvgIpc) is 2.52. The fourth-order valence-corrected chi connectivity index (χ4v) is 1.91. The van der Waals surface area contributed by atoms with Crippen LogP contribution in [0.1, 0.15) is 26.2 Å². The number of carbonyl (C=O) groups excluding carboxylic acids is 1. The maximum Gasteiger partial charge on any atom is 0.223 e. The summed E-state index contributed by atoms with van der Waals surface area (Å²) in [7, 11) is 1.61. The summed E-state index contributed by atoms with van der Waals surface area (Å²) in [6, 6.07) is 7.25. The molecule has 21 heavy (non-hydrogen) atoms. The zero-order valence-corrected chi connectivity index (χ0v) is 12.8. The molecule has 0 saturated heterocycles. The van der Waals surface area contributed by atoms with E-state index in [4.69, 9.17) is 14.6 Å². The molecule has 0 aliphatic heterocycles. The highest BCUT2D eigenvalue weighted by molar-refractivity contribution is 5.75. The summed E-state index contributed by atoms with van der Waals surface area (Å²) in [5, 5.41) is 11.8. The Labute approximate surface area is 126 Å². The summed E-state index contributed by atoms with van der Waals surface area (Å²) in [5.74, 6) is 1.80. The Morgan fingerprint density at radius 3 is 2.52 bits per heavy atom. The molecule has 5 heteroatoms. The first-order valence-corrected chi connectivity index (χ1v) is 7.34. The van der Waals surface area contributed by atoms with Gasteiger partial charge in [0.05, 0.1) is 20.1 Å². The normalized spacial score (nSPS) is 11.8. The molecule has 0 heterocycles. The highest BCUT2D eigenvalue weighted by Crippen LogP contribution is 2.17. The number of benzene rings is 1. The highest BCUT2D eigenvalue weighted by Gasteiger charge is 2.08. The number of aliphatic hydroxyl groups is 1. The van der Waals surface area contributed by atoms with E-state index < -0.39 is 0 Å². The zero-order valence-electron chi connectivity index (χ0n) is 12.8. The van der Waals surface area contributed by atoms with Crippen LogP contribution in [0, 0.1) is 5.92 Å². The van der Waals surface area contributed by atoms with Crippen molar-refractivity contribution in [2.45, 2.75) is 26.2 Å². The third-order valence-electron chi connectivity index (χ3n) is 3.36. The number of rotatable bonds is 10. The number of aliphatic hydroxyl groups excluding tert-OH is 1. The molecule has 0 saturated carbocycles. The summed E-state index contributed by atoms with van der Waals surface area (Å²) < 4.78 is 10.6. The van der Waals surface area contributed by atoms with E-state index >= 15 is 0 Å². The minimum Gasteiger partial charge on any atom is -0.497 e. The lowest BCUT2D eigenvalue weighted by molar-refractivity contribution is -0.121. The Morgan fingerprint density at radius 1 is 1.29 bits per heavy atom. The topological polar surface area (TPSA) is 67.8 Å². The van der Waals surface area contributed by atoms with Crippen molar-refractivity contribution in [3.8, 4) is 11.5 Å². The molecule has 1 amide bonds. The van der Waals surface area contributed by atoms with Gasteiger partial charge in [0.15, 0.2) is 0 Å².